The largest absolute Gasteiger partial charge is 0.492 e. The third-order valence-corrected chi connectivity index (χ3v) is 6.31. The zero-order valence-electron chi connectivity index (χ0n) is 15.8. The lowest BCUT2D eigenvalue weighted by atomic mass is 10.1. The van der Waals surface area contributed by atoms with Gasteiger partial charge in [-0.3, -0.25) is 4.79 Å². The highest BCUT2D eigenvalue weighted by Gasteiger charge is 2.26. The Morgan fingerprint density at radius 3 is 2.36 bits per heavy atom. The minimum atomic E-state index is -3.51. The second-order valence-electron chi connectivity index (χ2n) is 6.46. The molecule has 0 aromatic heterocycles. The van der Waals surface area contributed by atoms with Crippen molar-refractivity contribution < 1.29 is 22.7 Å². The van der Waals surface area contributed by atoms with Crippen LogP contribution < -0.4 is 10.1 Å². The average molecular weight is 404 g/mol. The summed E-state index contributed by atoms with van der Waals surface area (Å²) in [7, 11) is -3.51. The van der Waals surface area contributed by atoms with Crippen LogP contribution >= 0.6 is 0 Å². The van der Waals surface area contributed by atoms with Crippen LogP contribution in [-0.4, -0.2) is 58.1 Å². The average Bonchev–Trinajstić information content (AvgIpc) is 2.72. The molecule has 1 aliphatic rings. The summed E-state index contributed by atoms with van der Waals surface area (Å²) >= 11 is 0. The maximum Gasteiger partial charge on any atom is 0.251 e. The number of rotatable bonds is 7. The van der Waals surface area contributed by atoms with Gasteiger partial charge in [-0.1, -0.05) is 17.7 Å². The number of hydrogen-bond acceptors (Lipinski definition) is 5. The molecule has 0 bridgehead atoms. The molecule has 1 amide bonds. The number of carbonyl (C=O) groups excluding carboxylic acids is 1. The van der Waals surface area contributed by atoms with Crippen molar-refractivity contribution >= 4 is 15.9 Å². The Morgan fingerprint density at radius 2 is 1.71 bits per heavy atom. The first-order valence-electron chi connectivity index (χ1n) is 9.12. The van der Waals surface area contributed by atoms with Crippen molar-refractivity contribution in [2.24, 2.45) is 0 Å². The maximum atomic E-state index is 12.6. The number of nitrogens with zero attached hydrogens (tertiary/aromatic N) is 1. The topological polar surface area (TPSA) is 84.9 Å². The fourth-order valence-electron chi connectivity index (χ4n) is 2.78. The van der Waals surface area contributed by atoms with Gasteiger partial charge < -0.3 is 14.8 Å². The van der Waals surface area contributed by atoms with E-state index in [1.807, 2.05) is 19.1 Å². The van der Waals surface area contributed by atoms with Crippen LogP contribution in [0.15, 0.2) is 53.4 Å². The van der Waals surface area contributed by atoms with Crippen LogP contribution in [0.25, 0.3) is 0 Å². The van der Waals surface area contributed by atoms with Gasteiger partial charge in [0.1, 0.15) is 12.4 Å². The van der Waals surface area contributed by atoms with Crippen molar-refractivity contribution in [3.63, 3.8) is 0 Å². The molecule has 3 rings (SSSR count). The lowest BCUT2D eigenvalue weighted by molar-refractivity contribution is 0.0730. The zero-order chi connectivity index (χ0) is 20.0. The fraction of sp³-hybridized carbons (Fsp3) is 0.350. The van der Waals surface area contributed by atoms with E-state index in [1.165, 1.54) is 16.4 Å². The number of ether oxygens (including phenoxy) is 2. The summed E-state index contributed by atoms with van der Waals surface area (Å²) in [4.78, 5) is 12.3. The molecule has 0 saturated carbocycles. The van der Waals surface area contributed by atoms with Crippen molar-refractivity contribution in [1.29, 1.82) is 0 Å². The van der Waals surface area contributed by atoms with Gasteiger partial charge in [0, 0.05) is 18.7 Å². The van der Waals surface area contributed by atoms with Crippen molar-refractivity contribution in [2.45, 2.75) is 11.8 Å². The lowest BCUT2D eigenvalue weighted by Gasteiger charge is -2.26. The molecule has 0 spiro atoms. The predicted molar refractivity (Wildman–Crippen MR) is 105 cm³/mol. The highest BCUT2D eigenvalue weighted by atomic mass is 32.2. The number of amides is 1. The van der Waals surface area contributed by atoms with E-state index in [2.05, 4.69) is 5.32 Å². The van der Waals surface area contributed by atoms with E-state index in [0.29, 0.717) is 44.2 Å². The van der Waals surface area contributed by atoms with Gasteiger partial charge >= 0.3 is 0 Å². The number of hydrogen-bond donors (Lipinski definition) is 1. The Labute approximate surface area is 165 Å². The molecular formula is C20H24N2O5S. The molecule has 1 saturated heterocycles. The van der Waals surface area contributed by atoms with Crippen molar-refractivity contribution in [2.75, 3.05) is 39.5 Å². The number of aryl methyl sites for hydroxylation is 1. The van der Waals surface area contributed by atoms with Gasteiger partial charge in [-0.15, -0.1) is 0 Å². The Bertz CT molecular complexity index is 889. The van der Waals surface area contributed by atoms with Crippen LogP contribution in [0.3, 0.4) is 0 Å². The first kappa shape index (κ1) is 20.3. The fourth-order valence-corrected chi connectivity index (χ4v) is 4.19. The van der Waals surface area contributed by atoms with Crippen LogP contribution in [0.4, 0.5) is 0 Å². The molecule has 2 aromatic carbocycles. The summed E-state index contributed by atoms with van der Waals surface area (Å²) in [6.07, 6.45) is 0. The third-order valence-electron chi connectivity index (χ3n) is 4.40. The standard InChI is InChI=1S/C20H24N2O5S/c1-16-2-4-17(5-3-16)20(23)21-10-13-27-18-6-8-19(9-7-18)28(24,25)22-11-14-26-15-12-22/h2-9H,10-15H2,1H3,(H,21,23). The molecule has 2 aromatic rings. The van der Waals surface area contributed by atoms with E-state index in [4.69, 9.17) is 9.47 Å². The molecule has 1 N–H and O–H groups in total. The quantitative estimate of drug-likeness (QED) is 0.712. The summed E-state index contributed by atoms with van der Waals surface area (Å²) in [5.41, 5.74) is 1.70. The highest BCUT2D eigenvalue weighted by molar-refractivity contribution is 7.89. The molecule has 28 heavy (non-hydrogen) atoms. The van der Waals surface area contributed by atoms with Crippen molar-refractivity contribution in [3.05, 3.63) is 59.7 Å². The van der Waals surface area contributed by atoms with Gasteiger partial charge in [0.2, 0.25) is 10.0 Å². The molecule has 150 valence electrons. The smallest absolute Gasteiger partial charge is 0.251 e. The summed E-state index contributed by atoms with van der Waals surface area (Å²) in [5.74, 6) is 0.390. The van der Waals surface area contributed by atoms with Crippen LogP contribution in [-0.2, 0) is 14.8 Å². The van der Waals surface area contributed by atoms with E-state index < -0.39 is 10.0 Å². The number of benzene rings is 2. The van der Waals surface area contributed by atoms with Gasteiger partial charge in [0.15, 0.2) is 0 Å². The Morgan fingerprint density at radius 1 is 1.07 bits per heavy atom. The molecule has 0 aliphatic carbocycles. The molecule has 7 nitrogen and oxygen atoms in total. The SMILES string of the molecule is Cc1ccc(C(=O)NCCOc2ccc(S(=O)(=O)N3CCOCC3)cc2)cc1. The summed E-state index contributed by atoms with van der Waals surface area (Å²) < 4.78 is 37.3. The third kappa shape index (κ3) is 5.09. The number of sulfonamides is 1. The maximum absolute atomic E-state index is 12.6. The summed E-state index contributed by atoms with van der Waals surface area (Å²) in [6, 6.07) is 13.6. The monoisotopic (exact) mass is 404 g/mol. The van der Waals surface area contributed by atoms with Gasteiger partial charge in [-0.05, 0) is 43.3 Å². The molecule has 0 unspecified atom stereocenters. The number of morpholine rings is 1. The molecule has 8 heteroatoms. The van der Waals surface area contributed by atoms with Gasteiger partial charge in [-0.2, -0.15) is 4.31 Å². The molecule has 1 heterocycles. The number of nitrogens with one attached hydrogen (secondary N) is 1. The second-order valence-corrected chi connectivity index (χ2v) is 8.40. The van der Waals surface area contributed by atoms with E-state index in [1.54, 1.807) is 24.3 Å². The molecular weight excluding hydrogens is 380 g/mol. The van der Waals surface area contributed by atoms with Crippen LogP contribution in [0.2, 0.25) is 0 Å². The van der Waals surface area contributed by atoms with Crippen LogP contribution in [0.5, 0.6) is 5.75 Å². The van der Waals surface area contributed by atoms with Crippen LogP contribution in [0, 0.1) is 6.92 Å². The van der Waals surface area contributed by atoms with Gasteiger partial charge in [0.25, 0.3) is 5.91 Å². The Balaban J connectivity index is 1.48. The Kier molecular flexibility index (Phi) is 6.66. The predicted octanol–water partition coefficient (Wildman–Crippen LogP) is 1.82. The summed E-state index contributed by atoms with van der Waals surface area (Å²) in [6.45, 7) is 4.15. The normalized spacial score (nSPS) is 15.2. The Hall–Kier alpha value is -2.42. The zero-order valence-corrected chi connectivity index (χ0v) is 16.6. The number of carbonyl (C=O) groups is 1. The molecule has 1 fully saturated rings. The minimum absolute atomic E-state index is 0.157. The minimum Gasteiger partial charge on any atom is -0.492 e. The first-order chi connectivity index (χ1) is 13.5. The first-order valence-corrected chi connectivity index (χ1v) is 10.6. The second kappa shape index (κ2) is 9.18. The van der Waals surface area contributed by atoms with Gasteiger partial charge in [0.05, 0.1) is 24.7 Å². The molecule has 1 aliphatic heterocycles. The molecule has 0 radical (unpaired) electrons. The van der Waals surface area contributed by atoms with E-state index in [0.717, 1.165) is 5.56 Å². The van der Waals surface area contributed by atoms with Gasteiger partial charge in [-0.25, -0.2) is 8.42 Å². The molecule has 0 atom stereocenters. The van der Waals surface area contributed by atoms with E-state index in [-0.39, 0.29) is 17.4 Å². The van der Waals surface area contributed by atoms with E-state index in [9.17, 15) is 13.2 Å². The van der Waals surface area contributed by atoms with E-state index >= 15 is 0 Å². The summed E-state index contributed by atoms with van der Waals surface area (Å²) in [5, 5.41) is 2.79. The van der Waals surface area contributed by atoms with Crippen molar-refractivity contribution in [1.82, 2.24) is 9.62 Å². The highest BCUT2D eigenvalue weighted by Crippen LogP contribution is 2.20. The van der Waals surface area contributed by atoms with Crippen LogP contribution in [0.1, 0.15) is 15.9 Å². The lowest BCUT2D eigenvalue weighted by Crippen LogP contribution is -2.40. The van der Waals surface area contributed by atoms with Crippen molar-refractivity contribution in [3.8, 4) is 5.75 Å².